The van der Waals surface area contributed by atoms with Gasteiger partial charge >= 0.3 is 0 Å². The number of rotatable bonds is 1. The maximum atomic E-state index is 9.17. The standard InChI is InChI=1S/C14H9N3S/c15-8-9-4-1-2-5-10(9)11-6-3-7-12-13(11)18-14(16)17-12/h1-7H,(H2,16,17). The number of fused-ring (bicyclic) bond motifs is 1. The van der Waals surface area contributed by atoms with Crippen LogP contribution in [-0.4, -0.2) is 4.98 Å². The number of aromatic nitrogens is 1. The SMILES string of the molecule is N#Cc1ccccc1-c1cccc2nc(N)sc12. The molecule has 0 amide bonds. The van der Waals surface area contributed by atoms with E-state index in [9.17, 15) is 5.26 Å². The van der Waals surface area contributed by atoms with E-state index in [0.717, 1.165) is 21.3 Å². The molecule has 0 bridgehead atoms. The highest BCUT2D eigenvalue weighted by Crippen LogP contribution is 2.35. The molecule has 3 rings (SSSR count). The molecule has 0 aliphatic carbocycles. The van der Waals surface area contributed by atoms with E-state index in [1.54, 1.807) is 0 Å². The molecule has 2 aromatic carbocycles. The fourth-order valence-electron chi connectivity index (χ4n) is 1.99. The second-order valence-corrected chi connectivity index (χ2v) is 4.89. The van der Waals surface area contributed by atoms with Gasteiger partial charge in [-0.2, -0.15) is 5.26 Å². The third-order valence-corrected chi connectivity index (χ3v) is 3.70. The van der Waals surface area contributed by atoms with Crippen molar-refractivity contribution in [3.05, 3.63) is 48.0 Å². The minimum atomic E-state index is 0.548. The Bertz CT molecular complexity index is 768. The van der Waals surface area contributed by atoms with Gasteiger partial charge in [0, 0.05) is 11.1 Å². The Morgan fingerprint density at radius 3 is 2.67 bits per heavy atom. The lowest BCUT2D eigenvalue weighted by Crippen LogP contribution is -1.83. The van der Waals surface area contributed by atoms with Crippen molar-refractivity contribution >= 4 is 26.7 Å². The van der Waals surface area contributed by atoms with Crippen LogP contribution in [-0.2, 0) is 0 Å². The van der Waals surface area contributed by atoms with Crippen molar-refractivity contribution in [1.82, 2.24) is 4.98 Å². The highest BCUT2D eigenvalue weighted by molar-refractivity contribution is 7.22. The van der Waals surface area contributed by atoms with Crippen LogP contribution < -0.4 is 5.73 Å². The highest BCUT2D eigenvalue weighted by Gasteiger charge is 2.10. The summed E-state index contributed by atoms with van der Waals surface area (Å²) < 4.78 is 1.03. The fraction of sp³-hybridized carbons (Fsp3) is 0. The van der Waals surface area contributed by atoms with E-state index in [-0.39, 0.29) is 0 Å². The van der Waals surface area contributed by atoms with Crippen molar-refractivity contribution in [2.45, 2.75) is 0 Å². The van der Waals surface area contributed by atoms with Crippen LogP contribution in [0, 0.1) is 11.3 Å². The van der Waals surface area contributed by atoms with Gasteiger partial charge in [-0.25, -0.2) is 4.98 Å². The van der Waals surface area contributed by atoms with E-state index in [1.165, 1.54) is 11.3 Å². The van der Waals surface area contributed by atoms with E-state index >= 15 is 0 Å². The molecule has 1 aromatic heterocycles. The van der Waals surface area contributed by atoms with Gasteiger partial charge in [0.25, 0.3) is 0 Å². The molecule has 2 N–H and O–H groups in total. The Morgan fingerprint density at radius 2 is 1.83 bits per heavy atom. The van der Waals surface area contributed by atoms with Crippen molar-refractivity contribution in [1.29, 1.82) is 5.26 Å². The molecule has 0 unspecified atom stereocenters. The zero-order valence-corrected chi connectivity index (χ0v) is 10.2. The Morgan fingerprint density at radius 1 is 1.06 bits per heavy atom. The molecule has 0 radical (unpaired) electrons. The normalized spacial score (nSPS) is 10.4. The van der Waals surface area contributed by atoms with Crippen LogP contribution in [0.4, 0.5) is 5.13 Å². The quantitative estimate of drug-likeness (QED) is 0.720. The van der Waals surface area contributed by atoms with Gasteiger partial charge in [-0.3, -0.25) is 0 Å². The second kappa shape index (κ2) is 4.13. The summed E-state index contributed by atoms with van der Waals surface area (Å²) in [5.41, 5.74) is 9.23. The Balaban J connectivity index is 2.35. The van der Waals surface area contributed by atoms with Crippen LogP contribution in [0.1, 0.15) is 5.56 Å². The van der Waals surface area contributed by atoms with Crippen LogP contribution in [0.15, 0.2) is 42.5 Å². The number of nitrogen functional groups attached to an aromatic ring is 1. The van der Waals surface area contributed by atoms with E-state index in [0.29, 0.717) is 10.7 Å². The molecule has 18 heavy (non-hydrogen) atoms. The zero-order chi connectivity index (χ0) is 12.5. The maximum absolute atomic E-state index is 9.17. The predicted molar refractivity (Wildman–Crippen MR) is 74.2 cm³/mol. The summed E-state index contributed by atoms with van der Waals surface area (Å²) in [6.07, 6.45) is 0. The van der Waals surface area contributed by atoms with E-state index in [1.807, 2.05) is 42.5 Å². The molecule has 3 nitrogen and oxygen atoms in total. The van der Waals surface area contributed by atoms with Gasteiger partial charge in [-0.15, -0.1) is 0 Å². The second-order valence-electron chi connectivity index (χ2n) is 3.86. The maximum Gasteiger partial charge on any atom is 0.181 e. The van der Waals surface area contributed by atoms with Crippen LogP contribution in [0.5, 0.6) is 0 Å². The third kappa shape index (κ3) is 1.62. The van der Waals surface area contributed by atoms with Crippen molar-refractivity contribution in [2.24, 2.45) is 0 Å². The number of hydrogen-bond acceptors (Lipinski definition) is 4. The Hall–Kier alpha value is -2.38. The van der Waals surface area contributed by atoms with Gasteiger partial charge < -0.3 is 5.73 Å². The lowest BCUT2D eigenvalue weighted by molar-refractivity contribution is 1.48. The minimum Gasteiger partial charge on any atom is -0.375 e. The molecule has 86 valence electrons. The first-order chi connectivity index (χ1) is 8.79. The lowest BCUT2D eigenvalue weighted by Gasteiger charge is -2.04. The number of hydrogen-bond donors (Lipinski definition) is 1. The third-order valence-electron chi connectivity index (χ3n) is 2.77. The van der Waals surface area contributed by atoms with Gasteiger partial charge in [0.05, 0.1) is 21.8 Å². The molecular weight excluding hydrogens is 242 g/mol. The van der Waals surface area contributed by atoms with Crippen LogP contribution in [0.2, 0.25) is 0 Å². The van der Waals surface area contributed by atoms with Gasteiger partial charge in [-0.05, 0) is 12.1 Å². The number of thiazole rings is 1. The van der Waals surface area contributed by atoms with Gasteiger partial charge in [0.1, 0.15) is 0 Å². The average molecular weight is 251 g/mol. The largest absolute Gasteiger partial charge is 0.375 e. The first-order valence-electron chi connectivity index (χ1n) is 5.44. The summed E-state index contributed by atoms with van der Waals surface area (Å²) >= 11 is 1.45. The first-order valence-corrected chi connectivity index (χ1v) is 6.26. The predicted octanol–water partition coefficient (Wildman–Crippen LogP) is 3.42. The van der Waals surface area contributed by atoms with E-state index < -0.39 is 0 Å². The summed E-state index contributed by atoms with van der Waals surface area (Å²) in [6, 6.07) is 15.6. The van der Waals surface area contributed by atoms with Crippen LogP contribution in [0.3, 0.4) is 0 Å². The summed E-state index contributed by atoms with van der Waals surface area (Å²) in [6.45, 7) is 0. The van der Waals surface area contributed by atoms with Gasteiger partial charge in [-0.1, -0.05) is 41.7 Å². The number of nitrogens with two attached hydrogens (primary N) is 1. The average Bonchev–Trinajstić information content (AvgIpc) is 2.78. The molecule has 0 saturated carbocycles. The Kier molecular flexibility index (Phi) is 2.47. The van der Waals surface area contributed by atoms with Gasteiger partial charge in [0.2, 0.25) is 0 Å². The molecule has 3 aromatic rings. The van der Waals surface area contributed by atoms with Crippen molar-refractivity contribution in [3.63, 3.8) is 0 Å². The van der Waals surface area contributed by atoms with E-state index in [4.69, 9.17) is 5.73 Å². The molecule has 0 spiro atoms. The summed E-state index contributed by atoms with van der Waals surface area (Å²) in [5, 5.41) is 9.72. The molecule has 0 aliphatic rings. The smallest absolute Gasteiger partial charge is 0.181 e. The number of anilines is 1. The first kappa shape index (κ1) is 10.8. The minimum absolute atomic E-state index is 0.548. The summed E-state index contributed by atoms with van der Waals surface area (Å²) in [7, 11) is 0. The number of benzene rings is 2. The molecule has 1 heterocycles. The molecule has 0 aliphatic heterocycles. The van der Waals surface area contributed by atoms with Crippen LogP contribution in [0.25, 0.3) is 21.3 Å². The number of nitrogens with zero attached hydrogens (tertiary/aromatic N) is 2. The zero-order valence-electron chi connectivity index (χ0n) is 9.42. The highest BCUT2D eigenvalue weighted by atomic mass is 32.1. The summed E-state index contributed by atoms with van der Waals surface area (Å²) in [5.74, 6) is 0. The lowest BCUT2D eigenvalue weighted by atomic mass is 10.0. The molecule has 0 fully saturated rings. The molecular formula is C14H9N3S. The molecule has 4 heteroatoms. The molecule has 0 saturated heterocycles. The Labute approximate surface area is 108 Å². The fourth-order valence-corrected chi connectivity index (χ4v) is 2.85. The summed E-state index contributed by atoms with van der Waals surface area (Å²) in [4.78, 5) is 4.27. The van der Waals surface area contributed by atoms with E-state index in [2.05, 4.69) is 11.1 Å². The topological polar surface area (TPSA) is 62.7 Å². The van der Waals surface area contributed by atoms with Crippen molar-refractivity contribution in [3.8, 4) is 17.2 Å². The van der Waals surface area contributed by atoms with Gasteiger partial charge in [0.15, 0.2) is 5.13 Å². The van der Waals surface area contributed by atoms with Crippen molar-refractivity contribution in [2.75, 3.05) is 5.73 Å². The number of nitriles is 1. The van der Waals surface area contributed by atoms with Crippen LogP contribution >= 0.6 is 11.3 Å². The monoisotopic (exact) mass is 251 g/mol. The van der Waals surface area contributed by atoms with Crippen molar-refractivity contribution < 1.29 is 0 Å². The molecule has 0 atom stereocenters.